The fourth-order valence-corrected chi connectivity index (χ4v) is 9.20. The Morgan fingerprint density at radius 1 is 0.147 bits per heavy atom. The summed E-state index contributed by atoms with van der Waals surface area (Å²) in [5.74, 6) is 0. The SMILES string of the molecule is c1ccc(-c2ccc(N(c3ccccc3)c3ccc(-c4ccc(-c5ccc(-c6ccc(N(c7ccccc7)c7ccc(-c8ccccc8)cc7)cc6-c6ccccc6)cc5)cc4)cc3)cc2)cc1. The predicted octanol–water partition coefficient (Wildman–Crippen LogP) is 18.6. The van der Waals surface area contributed by atoms with Crippen LogP contribution in [0.25, 0.3) is 66.8 Å². The number of nitrogens with zero attached hydrogens (tertiary/aromatic N) is 2. The lowest BCUT2D eigenvalue weighted by Gasteiger charge is -2.27. The second-order valence-corrected chi connectivity index (χ2v) is 17.0. The van der Waals surface area contributed by atoms with Gasteiger partial charge in [-0.1, -0.05) is 218 Å². The van der Waals surface area contributed by atoms with Crippen LogP contribution in [0.4, 0.5) is 34.1 Å². The molecule has 11 rings (SSSR count). The summed E-state index contributed by atoms with van der Waals surface area (Å²) in [5, 5.41) is 0. The Hall–Kier alpha value is -8.98. The molecule has 2 nitrogen and oxygen atoms in total. The maximum atomic E-state index is 2.34. The van der Waals surface area contributed by atoms with Gasteiger partial charge in [0.05, 0.1) is 0 Å². The average molecular weight is 869 g/mol. The molecule has 0 bridgehead atoms. The number of hydrogen-bond donors (Lipinski definition) is 0. The van der Waals surface area contributed by atoms with Crippen LogP contribution in [0.3, 0.4) is 0 Å². The smallest absolute Gasteiger partial charge is 0.0468 e. The minimum atomic E-state index is 1.10. The van der Waals surface area contributed by atoms with Gasteiger partial charge in [0.1, 0.15) is 0 Å². The van der Waals surface area contributed by atoms with Crippen molar-refractivity contribution in [2.75, 3.05) is 9.80 Å². The topological polar surface area (TPSA) is 6.48 Å². The molecule has 0 radical (unpaired) electrons. The van der Waals surface area contributed by atoms with Crippen molar-refractivity contribution < 1.29 is 0 Å². The summed E-state index contributed by atoms with van der Waals surface area (Å²) >= 11 is 0. The van der Waals surface area contributed by atoms with Gasteiger partial charge in [-0.15, -0.1) is 0 Å². The lowest BCUT2D eigenvalue weighted by molar-refractivity contribution is 1.28. The van der Waals surface area contributed by atoms with Crippen LogP contribution in [0.2, 0.25) is 0 Å². The summed E-state index contributed by atoms with van der Waals surface area (Å²) < 4.78 is 0. The van der Waals surface area contributed by atoms with E-state index in [1.54, 1.807) is 0 Å². The van der Waals surface area contributed by atoms with Gasteiger partial charge < -0.3 is 9.80 Å². The first-order valence-corrected chi connectivity index (χ1v) is 23.2. The molecule has 2 heteroatoms. The summed E-state index contributed by atoms with van der Waals surface area (Å²) in [6.45, 7) is 0. The fraction of sp³-hybridized carbons (Fsp3) is 0. The molecule has 0 amide bonds. The number of para-hydroxylation sites is 2. The minimum Gasteiger partial charge on any atom is -0.311 e. The van der Waals surface area contributed by atoms with Crippen LogP contribution in [0, 0.1) is 0 Å². The first kappa shape index (κ1) is 41.7. The van der Waals surface area contributed by atoms with E-state index in [4.69, 9.17) is 0 Å². The Balaban J connectivity index is 0.855. The summed E-state index contributed by atoms with van der Waals surface area (Å²) in [7, 11) is 0. The molecule has 0 unspecified atom stereocenters. The third-order valence-corrected chi connectivity index (χ3v) is 12.7. The van der Waals surface area contributed by atoms with Crippen LogP contribution in [0.1, 0.15) is 0 Å². The summed E-state index contributed by atoms with van der Waals surface area (Å²) in [5.41, 5.74) is 20.9. The molecule has 0 aliphatic rings. The monoisotopic (exact) mass is 868 g/mol. The maximum Gasteiger partial charge on any atom is 0.0468 e. The molecule has 0 aliphatic carbocycles. The van der Waals surface area contributed by atoms with Crippen molar-refractivity contribution in [3.05, 3.63) is 291 Å². The molecular formula is C66H48N2. The second-order valence-electron chi connectivity index (χ2n) is 17.0. The van der Waals surface area contributed by atoms with E-state index < -0.39 is 0 Å². The molecule has 0 spiro atoms. The molecule has 0 heterocycles. The Morgan fingerprint density at radius 2 is 0.368 bits per heavy atom. The van der Waals surface area contributed by atoms with Gasteiger partial charge in [0.15, 0.2) is 0 Å². The molecule has 0 saturated heterocycles. The van der Waals surface area contributed by atoms with Crippen molar-refractivity contribution in [3.8, 4) is 66.8 Å². The Morgan fingerprint density at radius 3 is 0.721 bits per heavy atom. The molecule has 68 heavy (non-hydrogen) atoms. The lowest BCUT2D eigenvalue weighted by atomic mass is 9.92. The zero-order chi connectivity index (χ0) is 45.5. The largest absolute Gasteiger partial charge is 0.311 e. The average Bonchev–Trinajstić information content (AvgIpc) is 3.43. The molecule has 11 aromatic rings. The highest BCUT2D eigenvalue weighted by Gasteiger charge is 2.18. The van der Waals surface area contributed by atoms with Gasteiger partial charge in [0.25, 0.3) is 0 Å². The van der Waals surface area contributed by atoms with Crippen molar-refractivity contribution in [2.45, 2.75) is 0 Å². The maximum absolute atomic E-state index is 2.34. The van der Waals surface area contributed by atoms with Gasteiger partial charge in [-0.2, -0.15) is 0 Å². The van der Waals surface area contributed by atoms with E-state index in [2.05, 4.69) is 301 Å². The first-order chi connectivity index (χ1) is 33.7. The molecule has 0 atom stereocenters. The van der Waals surface area contributed by atoms with Gasteiger partial charge in [0.2, 0.25) is 0 Å². The van der Waals surface area contributed by atoms with Crippen LogP contribution in [0.5, 0.6) is 0 Å². The fourth-order valence-electron chi connectivity index (χ4n) is 9.20. The number of benzene rings is 11. The van der Waals surface area contributed by atoms with E-state index in [1.807, 2.05) is 0 Å². The quantitative estimate of drug-likeness (QED) is 0.121. The zero-order valence-corrected chi connectivity index (χ0v) is 37.6. The van der Waals surface area contributed by atoms with Crippen molar-refractivity contribution in [3.63, 3.8) is 0 Å². The highest BCUT2D eigenvalue weighted by atomic mass is 15.1. The Labute approximate surface area is 400 Å². The van der Waals surface area contributed by atoms with Crippen LogP contribution >= 0.6 is 0 Å². The van der Waals surface area contributed by atoms with Crippen molar-refractivity contribution in [2.24, 2.45) is 0 Å². The van der Waals surface area contributed by atoms with Gasteiger partial charge in [-0.05, 0) is 140 Å². The zero-order valence-electron chi connectivity index (χ0n) is 37.6. The lowest BCUT2D eigenvalue weighted by Crippen LogP contribution is -2.10. The number of anilines is 6. The van der Waals surface area contributed by atoms with E-state index in [0.717, 1.165) is 34.1 Å². The Kier molecular flexibility index (Phi) is 11.8. The molecular weight excluding hydrogens is 821 g/mol. The summed E-state index contributed by atoms with van der Waals surface area (Å²) in [6.07, 6.45) is 0. The third kappa shape index (κ3) is 8.87. The number of rotatable bonds is 12. The van der Waals surface area contributed by atoms with E-state index in [9.17, 15) is 0 Å². The molecule has 11 aromatic carbocycles. The third-order valence-electron chi connectivity index (χ3n) is 12.7. The van der Waals surface area contributed by atoms with E-state index in [1.165, 1.54) is 66.8 Å². The van der Waals surface area contributed by atoms with Crippen molar-refractivity contribution >= 4 is 34.1 Å². The highest BCUT2D eigenvalue weighted by Crippen LogP contribution is 2.42. The Bertz CT molecular complexity index is 3350. The van der Waals surface area contributed by atoms with Crippen LogP contribution in [-0.4, -0.2) is 0 Å². The highest BCUT2D eigenvalue weighted by molar-refractivity contribution is 5.90. The minimum absolute atomic E-state index is 1.10. The van der Waals surface area contributed by atoms with Crippen LogP contribution in [0.15, 0.2) is 291 Å². The molecule has 0 saturated carbocycles. The van der Waals surface area contributed by atoms with E-state index in [-0.39, 0.29) is 0 Å². The van der Waals surface area contributed by atoms with Crippen LogP contribution in [-0.2, 0) is 0 Å². The molecule has 0 aliphatic heterocycles. The molecule has 0 aromatic heterocycles. The first-order valence-electron chi connectivity index (χ1n) is 23.2. The summed E-state index contributed by atoms with van der Waals surface area (Å²) in [6, 6.07) is 104. The van der Waals surface area contributed by atoms with Gasteiger partial charge in [-0.3, -0.25) is 0 Å². The molecule has 0 fully saturated rings. The van der Waals surface area contributed by atoms with Crippen LogP contribution < -0.4 is 9.80 Å². The van der Waals surface area contributed by atoms with Crippen molar-refractivity contribution in [1.29, 1.82) is 0 Å². The molecule has 0 N–H and O–H groups in total. The number of hydrogen-bond acceptors (Lipinski definition) is 2. The summed E-state index contributed by atoms with van der Waals surface area (Å²) in [4.78, 5) is 4.66. The van der Waals surface area contributed by atoms with Crippen molar-refractivity contribution in [1.82, 2.24) is 0 Å². The predicted molar refractivity (Wildman–Crippen MR) is 288 cm³/mol. The van der Waals surface area contributed by atoms with E-state index >= 15 is 0 Å². The van der Waals surface area contributed by atoms with Gasteiger partial charge in [-0.25, -0.2) is 0 Å². The standard InChI is InChI=1S/C66H48N2/c1-6-16-49(17-7-1)54-34-40-61(41-35-54)67(59-22-12-4-13-23-59)62-42-38-56(39-43-62)52-28-26-51(27-29-52)53-30-32-58(33-31-53)65-47-46-64(48-66(65)57-20-10-3-11-21-57)68(60-24-14-5-15-25-60)63-44-36-55(37-45-63)50-18-8-2-9-19-50/h1-48H. The van der Waals surface area contributed by atoms with Gasteiger partial charge in [0, 0.05) is 34.1 Å². The van der Waals surface area contributed by atoms with Gasteiger partial charge >= 0.3 is 0 Å². The second kappa shape index (κ2) is 19.2. The van der Waals surface area contributed by atoms with E-state index in [0.29, 0.717) is 0 Å². The molecule has 322 valence electrons. The normalized spacial score (nSPS) is 10.9.